The van der Waals surface area contributed by atoms with E-state index in [1.807, 2.05) is 13.8 Å². The first-order chi connectivity index (χ1) is 8.45. The van der Waals surface area contributed by atoms with Crippen molar-refractivity contribution in [2.45, 2.75) is 46.0 Å². The second kappa shape index (κ2) is 10.1. The van der Waals surface area contributed by atoms with Crippen molar-refractivity contribution in [1.82, 2.24) is 0 Å². The van der Waals surface area contributed by atoms with Crippen LogP contribution in [-0.2, 0) is 18.9 Å². The zero-order chi connectivity index (χ0) is 14.0. The molecule has 0 spiro atoms. The maximum atomic E-state index is 11.3. The molecule has 6 nitrogen and oxygen atoms in total. The van der Waals surface area contributed by atoms with Crippen molar-refractivity contribution in [3.63, 3.8) is 0 Å². The maximum absolute atomic E-state index is 11.3. The Labute approximate surface area is 108 Å². The molecule has 0 saturated heterocycles. The molecule has 1 N–H and O–H groups in total. The Balaban J connectivity index is 3.63. The molecule has 0 heterocycles. The van der Waals surface area contributed by atoms with E-state index in [4.69, 9.17) is 24.1 Å². The SMILES string of the molecule is CC(C)OCC(C)OC(=O)OCC(C)OCCO. The van der Waals surface area contributed by atoms with E-state index in [0.717, 1.165) is 0 Å². The van der Waals surface area contributed by atoms with Crippen LogP contribution in [-0.4, -0.2) is 56.0 Å². The number of ether oxygens (including phenoxy) is 4. The quantitative estimate of drug-likeness (QED) is 0.634. The normalized spacial score (nSPS) is 14.3. The second-order valence-electron chi connectivity index (χ2n) is 4.28. The molecule has 2 unspecified atom stereocenters. The van der Waals surface area contributed by atoms with Gasteiger partial charge in [0.1, 0.15) is 12.7 Å². The van der Waals surface area contributed by atoms with E-state index >= 15 is 0 Å². The fraction of sp³-hybridized carbons (Fsp3) is 0.917. The van der Waals surface area contributed by atoms with Gasteiger partial charge in [-0.05, 0) is 27.7 Å². The Bertz CT molecular complexity index is 219. The number of hydrogen-bond donors (Lipinski definition) is 1. The highest BCUT2D eigenvalue weighted by atomic mass is 16.7. The van der Waals surface area contributed by atoms with E-state index in [9.17, 15) is 4.79 Å². The minimum Gasteiger partial charge on any atom is -0.432 e. The first kappa shape index (κ1) is 17.2. The largest absolute Gasteiger partial charge is 0.508 e. The predicted octanol–water partition coefficient (Wildman–Crippen LogP) is 1.35. The fourth-order valence-corrected chi connectivity index (χ4v) is 1.05. The van der Waals surface area contributed by atoms with Crippen molar-refractivity contribution < 1.29 is 28.8 Å². The summed E-state index contributed by atoms with van der Waals surface area (Å²) in [5.74, 6) is 0. The third kappa shape index (κ3) is 10.3. The van der Waals surface area contributed by atoms with E-state index in [0.29, 0.717) is 6.61 Å². The number of hydrogen-bond acceptors (Lipinski definition) is 6. The fourth-order valence-electron chi connectivity index (χ4n) is 1.05. The third-order valence-corrected chi connectivity index (χ3v) is 1.89. The Morgan fingerprint density at radius 2 is 1.72 bits per heavy atom. The van der Waals surface area contributed by atoms with Crippen LogP contribution in [0.1, 0.15) is 27.7 Å². The molecule has 6 heteroatoms. The highest BCUT2D eigenvalue weighted by Crippen LogP contribution is 2.00. The lowest BCUT2D eigenvalue weighted by atomic mass is 10.4. The standard InChI is InChI=1S/C12H24O6/c1-9(2)16-8-11(4)18-12(14)17-7-10(3)15-6-5-13/h9-11,13H,5-8H2,1-4H3. The summed E-state index contributed by atoms with van der Waals surface area (Å²) >= 11 is 0. The minimum absolute atomic E-state index is 0.0572. The molecule has 0 aliphatic carbocycles. The summed E-state index contributed by atoms with van der Waals surface area (Å²) in [4.78, 5) is 11.3. The topological polar surface area (TPSA) is 74.2 Å². The van der Waals surface area contributed by atoms with Crippen LogP contribution < -0.4 is 0 Å². The van der Waals surface area contributed by atoms with Gasteiger partial charge < -0.3 is 24.1 Å². The predicted molar refractivity (Wildman–Crippen MR) is 65.5 cm³/mol. The molecule has 18 heavy (non-hydrogen) atoms. The molecular weight excluding hydrogens is 240 g/mol. The van der Waals surface area contributed by atoms with Crippen LogP contribution in [0.25, 0.3) is 0 Å². The molecule has 0 aromatic carbocycles. The summed E-state index contributed by atoms with van der Waals surface area (Å²) in [6.07, 6.45) is -1.27. The molecule has 0 radical (unpaired) electrons. The Kier molecular flexibility index (Phi) is 9.63. The van der Waals surface area contributed by atoms with E-state index in [1.54, 1.807) is 13.8 Å². The van der Waals surface area contributed by atoms with Crippen LogP contribution in [0.2, 0.25) is 0 Å². The van der Waals surface area contributed by atoms with E-state index in [-0.39, 0.29) is 38.1 Å². The van der Waals surface area contributed by atoms with Gasteiger partial charge in [-0.2, -0.15) is 0 Å². The molecule has 0 rings (SSSR count). The highest BCUT2D eigenvalue weighted by molar-refractivity contribution is 5.60. The van der Waals surface area contributed by atoms with Crippen LogP contribution in [0.15, 0.2) is 0 Å². The van der Waals surface area contributed by atoms with Crippen molar-refractivity contribution in [1.29, 1.82) is 0 Å². The first-order valence-electron chi connectivity index (χ1n) is 6.13. The number of aliphatic hydroxyl groups excluding tert-OH is 1. The van der Waals surface area contributed by atoms with Gasteiger partial charge in [0.2, 0.25) is 0 Å². The molecule has 108 valence electrons. The monoisotopic (exact) mass is 264 g/mol. The van der Waals surface area contributed by atoms with Gasteiger partial charge in [0.25, 0.3) is 0 Å². The molecule has 0 aliphatic rings. The molecule has 0 fully saturated rings. The van der Waals surface area contributed by atoms with E-state index < -0.39 is 6.16 Å². The van der Waals surface area contributed by atoms with Crippen LogP contribution in [0.4, 0.5) is 4.79 Å². The van der Waals surface area contributed by atoms with Crippen molar-refractivity contribution >= 4 is 6.16 Å². The number of carbonyl (C=O) groups is 1. The first-order valence-corrected chi connectivity index (χ1v) is 6.13. The van der Waals surface area contributed by atoms with Crippen molar-refractivity contribution in [2.24, 2.45) is 0 Å². The zero-order valence-corrected chi connectivity index (χ0v) is 11.5. The van der Waals surface area contributed by atoms with Gasteiger partial charge in [-0.1, -0.05) is 0 Å². The van der Waals surface area contributed by atoms with Gasteiger partial charge in [0.05, 0.1) is 32.0 Å². The van der Waals surface area contributed by atoms with Crippen LogP contribution in [0.3, 0.4) is 0 Å². The molecule has 0 saturated carbocycles. The minimum atomic E-state index is -0.741. The Hall–Kier alpha value is -0.850. The molecule has 0 aromatic rings. The smallest absolute Gasteiger partial charge is 0.432 e. The van der Waals surface area contributed by atoms with Gasteiger partial charge in [-0.3, -0.25) is 0 Å². The summed E-state index contributed by atoms with van der Waals surface area (Å²) in [5.41, 5.74) is 0. The molecule has 0 amide bonds. The van der Waals surface area contributed by atoms with Gasteiger partial charge in [-0.25, -0.2) is 4.79 Å². The Morgan fingerprint density at radius 3 is 2.28 bits per heavy atom. The average Bonchev–Trinajstić information content (AvgIpc) is 2.31. The Morgan fingerprint density at radius 1 is 1.06 bits per heavy atom. The maximum Gasteiger partial charge on any atom is 0.508 e. The summed E-state index contributed by atoms with van der Waals surface area (Å²) in [6, 6.07) is 0. The van der Waals surface area contributed by atoms with Crippen molar-refractivity contribution in [3.05, 3.63) is 0 Å². The van der Waals surface area contributed by atoms with Crippen LogP contribution >= 0.6 is 0 Å². The van der Waals surface area contributed by atoms with Gasteiger partial charge >= 0.3 is 6.16 Å². The summed E-state index contributed by atoms with van der Waals surface area (Å²) in [6.45, 7) is 7.89. The molecular formula is C12H24O6. The second-order valence-corrected chi connectivity index (χ2v) is 4.28. The molecule has 0 aromatic heterocycles. The summed E-state index contributed by atoms with van der Waals surface area (Å²) in [5, 5.41) is 8.54. The number of carbonyl (C=O) groups excluding carboxylic acids is 1. The van der Waals surface area contributed by atoms with Gasteiger partial charge in [-0.15, -0.1) is 0 Å². The molecule has 0 bridgehead atoms. The lowest BCUT2D eigenvalue weighted by Gasteiger charge is -2.16. The number of aliphatic hydroxyl groups is 1. The number of rotatable bonds is 9. The lowest BCUT2D eigenvalue weighted by molar-refractivity contribution is -0.0448. The summed E-state index contributed by atoms with van der Waals surface area (Å²) in [7, 11) is 0. The lowest BCUT2D eigenvalue weighted by Crippen LogP contribution is -2.25. The molecule has 0 aliphatic heterocycles. The molecule has 2 atom stereocenters. The van der Waals surface area contributed by atoms with Crippen molar-refractivity contribution in [3.8, 4) is 0 Å². The summed E-state index contributed by atoms with van der Waals surface area (Å²) < 4.78 is 20.2. The van der Waals surface area contributed by atoms with Crippen LogP contribution in [0.5, 0.6) is 0 Å². The van der Waals surface area contributed by atoms with Gasteiger partial charge in [0, 0.05) is 0 Å². The van der Waals surface area contributed by atoms with Gasteiger partial charge in [0.15, 0.2) is 0 Å². The van der Waals surface area contributed by atoms with Crippen LogP contribution in [0, 0.1) is 0 Å². The zero-order valence-electron chi connectivity index (χ0n) is 11.5. The van der Waals surface area contributed by atoms with E-state index in [2.05, 4.69) is 0 Å². The van der Waals surface area contributed by atoms with E-state index in [1.165, 1.54) is 0 Å². The third-order valence-electron chi connectivity index (χ3n) is 1.89. The average molecular weight is 264 g/mol. The van der Waals surface area contributed by atoms with Crippen molar-refractivity contribution in [2.75, 3.05) is 26.4 Å². The highest BCUT2D eigenvalue weighted by Gasteiger charge is 2.13.